The first-order chi connectivity index (χ1) is 14.0. The summed E-state index contributed by atoms with van der Waals surface area (Å²) in [6, 6.07) is 11.9. The minimum Gasteiger partial charge on any atom is -0.497 e. The Morgan fingerprint density at radius 2 is 1.90 bits per heavy atom. The van der Waals surface area contributed by atoms with Gasteiger partial charge in [0, 0.05) is 32.7 Å². The average molecular weight is 401 g/mol. The molecule has 0 N–H and O–H groups in total. The summed E-state index contributed by atoms with van der Waals surface area (Å²) >= 11 is 0. The van der Waals surface area contributed by atoms with Crippen LogP contribution in [0.2, 0.25) is 0 Å². The molecule has 1 fully saturated rings. The summed E-state index contributed by atoms with van der Waals surface area (Å²) in [5.41, 5.74) is 1.09. The molecule has 0 saturated carbocycles. The zero-order chi connectivity index (χ0) is 20.8. The zero-order valence-electron chi connectivity index (χ0n) is 17.9. The lowest BCUT2D eigenvalue weighted by atomic mass is 10.0. The molecule has 158 valence electrons. The van der Waals surface area contributed by atoms with Crippen molar-refractivity contribution >= 4 is 5.91 Å². The summed E-state index contributed by atoms with van der Waals surface area (Å²) in [6.45, 7) is 7.32. The summed E-state index contributed by atoms with van der Waals surface area (Å²) in [4.78, 5) is 17.0. The van der Waals surface area contributed by atoms with E-state index in [1.807, 2.05) is 48.2 Å². The van der Waals surface area contributed by atoms with Crippen LogP contribution in [-0.4, -0.2) is 62.2 Å². The Morgan fingerprint density at radius 1 is 1.14 bits per heavy atom. The molecule has 0 bridgehead atoms. The highest BCUT2D eigenvalue weighted by Crippen LogP contribution is 2.22. The lowest BCUT2D eigenvalue weighted by molar-refractivity contribution is -0.132. The van der Waals surface area contributed by atoms with Crippen molar-refractivity contribution in [2.45, 2.75) is 38.8 Å². The van der Waals surface area contributed by atoms with Crippen molar-refractivity contribution in [3.63, 3.8) is 0 Å². The molecule has 1 amide bonds. The van der Waals surface area contributed by atoms with Crippen LogP contribution in [0.3, 0.4) is 0 Å². The van der Waals surface area contributed by atoms with Crippen LogP contribution in [0.15, 0.2) is 40.8 Å². The predicted octanol–water partition coefficient (Wildman–Crippen LogP) is 3.45. The molecule has 6 heteroatoms. The number of amides is 1. The number of carbonyl (C=O) groups is 1. The first kappa shape index (κ1) is 21.4. The lowest BCUT2D eigenvalue weighted by Gasteiger charge is -2.24. The normalized spacial score (nSPS) is 19.2. The molecular weight excluding hydrogens is 368 g/mol. The molecule has 2 aromatic rings. The van der Waals surface area contributed by atoms with Gasteiger partial charge in [-0.25, -0.2) is 0 Å². The van der Waals surface area contributed by atoms with Crippen molar-refractivity contribution in [2.75, 3.05) is 40.4 Å². The Labute approximate surface area is 173 Å². The van der Waals surface area contributed by atoms with E-state index in [0.717, 1.165) is 42.3 Å². The van der Waals surface area contributed by atoms with Crippen LogP contribution in [0.4, 0.5) is 0 Å². The second-order valence-electron chi connectivity index (χ2n) is 7.85. The van der Waals surface area contributed by atoms with Crippen LogP contribution in [0.25, 0.3) is 0 Å². The fourth-order valence-electron chi connectivity index (χ4n) is 3.71. The first-order valence-corrected chi connectivity index (χ1v) is 10.2. The van der Waals surface area contributed by atoms with Gasteiger partial charge in [-0.15, -0.1) is 0 Å². The topological polar surface area (TPSA) is 55.2 Å². The molecule has 29 heavy (non-hydrogen) atoms. The van der Waals surface area contributed by atoms with Crippen LogP contribution < -0.4 is 4.74 Å². The van der Waals surface area contributed by atoms with Crippen LogP contribution in [0.5, 0.6) is 5.75 Å². The van der Waals surface area contributed by atoms with Gasteiger partial charge in [0.05, 0.1) is 19.8 Å². The van der Waals surface area contributed by atoms with E-state index < -0.39 is 0 Å². The van der Waals surface area contributed by atoms with Crippen molar-refractivity contribution < 1.29 is 18.7 Å². The number of nitrogens with zero attached hydrogens (tertiary/aromatic N) is 2. The van der Waals surface area contributed by atoms with Crippen molar-refractivity contribution in [1.29, 1.82) is 0 Å². The Hall–Kier alpha value is -2.31. The largest absolute Gasteiger partial charge is 0.497 e. The zero-order valence-corrected chi connectivity index (χ0v) is 17.9. The number of furan rings is 1. The maximum atomic E-state index is 12.9. The maximum absolute atomic E-state index is 12.9. The fourth-order valence-corrected chi connectivity index (χ4v) is 3.71. The van der Waals surface area contributed by atoms with E-state index in [4.69, 9.17) is 13.9 Å². The van der Waals surface area contributed by atoms with Crippen LogP contribution in [0.1, 0.15) is 36.3 Å². The van der Waals surface area contributed by atoms with Crippen LogP contribution >= 0.6 is 0 Å². The average Bonchev–Trinajstić information content (AvgIpc) is 3.10. The number of methoxy groups -OCH3 is 2. The third kappa shape index (κ3) is 5.84. The first-order valence-electron chi connectivity index (χ1n) is 10.2. The predicted molar refractivity (Wildman–Crippen MR) is 112 cm³/mol. The van der Waals surface area contributed by atoms with Gasteiger partial charge < -0.3 is 18.8 Å². The van der Waals surface area contributed by atoms with Gasteiger partial charge in [0.25, 0.3) is 0 Å². The summed E-state index contributed by atoms with van der Waals surface area (Å²) < 4.78 is 16.6. The fraction of sp³-hybridized carbons (Fsp3) is 0.522. The molecule has 1 aliphatic heterocycles. The molecule has 3 rings (SSSR count). The SMILES string of the molecule is COc1ccc(CN2CC(OC)CN(CCC(C)c3ccc(C)o3)CC2=O)cc1. The molecule has 1 aromatic carbocycles. The van der Waals surface area contributed by atoms with Gasteiger partial charge in [0.15, 0.2) is 0 Å². The smallest absolute Gasteiger partial charge is 0.237 e. The molecular formula is C23H32N2O4. The third-order valence-corrected chi connectivity index (χ3v) is 5.59. The van der Waals surface area contributed by atoms with Gasteiger partial charge in [-0.2, -0.15) is 0 Å². The molecule has 1 saturated heterocycles. The standard InChI is InChI=1S/C23H32N2O4/c1-17(22-10-5-18(2)29-22)11-12-24-14-21(28-4)15-25(23(26)16-24)13-19-6-8-20(27-3)9-7-19/h5-10,17,21H,11-16H2,1-4H3. The van der Waals surface area contributed by atoms with E-state index in [-0.39, 0.29) is 12.0 Å². The molecule has 0 spiro atoms. The van der Waals surface area contributed by atoms with Gasteiger partial charge in [0.2, 0.25) is 5.91 Å². The molecule has 2 unspecified atom stereocenters. The van der Waals surface area contributed by atoms with E-state index in [9.17, 15) is 4.79 Å². The number of ether oxygens (including phenoxy) is 2. The van der Waals surface area contributed by atoms with E-state index >= 15 is 0 Å². The van der Waals surface area contributed by atoms with Crippen molar-refractivity contribution in [1.82, 2.24) is 9.80 Å². The number of carbonyl (C=O) groups excluding carboxylic acids is 1. The Morgan fingerprint density at radius 3 is 2.52 bits per heavy atom. The van der Waals surface area contributed by atoms with E-state index in [2.05, 4.69) is 11.8 Å². The molecule has 2 atom stereocenters. The molecule has 0 aliphatic carbocycles. The van der Waals surface area contributed by atoms with E-state index in [1.165, 1.54) is 0 Å². The summed E-state index contributed by atoms with van der Waals surface area (Å²) in [5.74, 6) is 3.22. The Bertz CT molecular complexity index is 786. The summed E-state index contributed by atoms with van der Waals surface area (Å²) in [7, 11) is 3.37. The van der Waals surface area contributed by atoms with Gasteiger partial charge in [-0.05, 0) is 49.7 Å². The Kier molecular flexibility index (Phi) is 7.34. The molecule has 0 radical (unpaired) electrons. The van der Waals surface area contributed by atoms with Crippen molar-refractivity contribution in [3.8, 4) is 5.75 Å². The van der Waals surface area contributed by atoms with Gasteiger partial charge in [-0.3, -0.25) is 9.69 Å². The van der Waals surface area contributed by atoms with E-state index in [0.29, 0.717) is 25.6 Å². The molecule has 1 aromatic heterocycles. The number of hydrogen-bond acceptors (Lipinski definition) is 5. The number of aryl methyl sites for hydroxylation is 1. The highest BCUT2D eigenvalue weighted by atomic mass is 16.5. The molecule has 2 heterocycles. The monoisotopic (exact) mass is 400 g/mol. The minimum atomic E-state index is 0.000798. The highest BCUT2D eigenvalue weighted by molar-refractivity contribution is 5.78. The van der Waals surface area contributed by atoms with Gasteiger partial charge in [-0.1, -0.05) is 19.1 Å². The summed E-state index contributed by atoms with van der Waals surface area (Å²) in [6.07, 6.45) is 0.940. The summed E-state index contributed by atoms with van der Waals surface area (Å²) in [5, 5.41) is 0. The van der Waals surface area contributed by atoms with Crippen molar-refractivity contribution in [3.05, 3.63) is 53.5 Å². The molecule has 1 aliphatic rings. The third-order valence-electron chi connectivity index (χ3n) is 5.59. The minimum absolute atomic E-state index is 0.000798. The van der Waals surface area contributed by atoms with Gasteiger partial charge in [0.1, 0.15) is 17.3 Å². The van der Waals surface area contributed by atoms with Crippen molar-refractivity contribution in [2.24, 2.45) is 0 Å². The number of hydrogen-bond donors (Lipinski definition) is 0. The quantitative estimate of drug-likeness (QED) is 0.679. The van der Waals surface area contributed by atoms with E-state index in [1.54, 1.807) is 14.2 Å². The maximum Gasteiger partial charge on any atom is 0.237 e. The highest BCUT2D eigenvalue weighted by Gasteiger charge is 2.28. The second-order valence-corrected chi connectivity index (χ2v) is 7.85. The Balaban J connectivity index is 1.60. The van der Waals surface area contributed by atoms with Crippen LogP contribution in [0, 0.1) is 6.92 Å². The van der Waals surface area contributed by atoms with Crippen LogP contribution in [-0.2, 0) is 16.1 Å². The lowest BCUT2D eigenvalue weighted by Crippen LogP contribution is -2.37. The number of rotatable bonds is 8. The number of benzene rings is 1. The molecule has 6 nitrogen and oxygen atoms in total. The second kappa shape index (κ2) is 9.94. The van der Waals surface area contributed by atoms with Gasteiger partial charge >= 0.3 is 0 Å².